The molecule has 0 aliphatic heterocycles. The summed E-state index contributed by atoms with van der Waals surface area (Å²) in [6, 6.07) is 0. The number of aliphatic hydroxyl groups is 1. The molecule has 0 radical (unpaired) electrons. The third-order valence-electron chi connectivity index (χ3n) is 1.45. The highest BCUT2D eigenvalue weighted by Gasteiger charge is 1.87. The van der Waals surface area contributed by atoms with Gasteiger partial charge in [-0.05, 0) is 13.8 Å². The van der Waals surface area contributed by atoms with Crippen LogP contribution in [0, 0.1) is 0 Å². The summed E-state index contributed by atoms with van der Waals surface area (Å²) in [4.78, 5) is 0. The van der Waals surface area contributed by atoms with Gasteiger partial charge >= 0.3 is 0 Å². The van der Waals surface area contributed by atoms with Crippen LogP contribution in [-0.4, -0.2) is 65.1 Å². The van der Waals surface area contributed by atoms with Crippen molar-refractivity contribution in [1.29, 1.82) is 0 Å². The van der Waals surface area contributed by atoms with E-state index in [2.05, 4.69) is 0 Å². The molecule has 100 valence electrons. The van der Waals surface area contributed by atoms with E-state index in [0.29, 0.717) is 33.0 Å². The second-order valence-electron chi connectivity index (χ2n) is 2.72. The van der Waals surface area contributed by atoms with Gasteiger partial charge in [-0.1, -0.05) is 0 Å². The fourth-order valence-corrected chi connectivity index (χ4v) is 0.733. The first-order valence-corrected chi connectivity index (χ1v) is 5.66. The molecule has 5 heteroatoms. The molecule has 0 bridgehead atoms. The van der Waals surface area contributed by atoms with Gasteiger partial charge in [-0.15, -0.1) is 0 Å². The SMILES string of the molecule is CCOCC.COCCOCCOCCO. The Bertz CT molecular complexity index is 90.4. The Morgan fingerprint density at radius 2 is 1.25 bits per heavy atom. The molecule has 0 fully saturated rings. The molecule has 0 spiro atoms. The van der Waals surface area contributed by atoms with Crippen LogP contribution in [0.2, 0.25) is 0 Å². The van der Waals surface area contributed by atoms with Crippen LogP contribution in [0.1, 0.15) is 13.8 Å². The van der Waals surface area contributed by atoms with Crippen LogP contribution in [0.3, 0.4) is 0 Å². The van der Waals surface area contributed by atoms with E-state index in [1.165, 1.54) is 0 Å². The maximum absolute atomic E-state index is 8.32. The van der Waals surface area contributed by atoms with Crippen molar-refractivity contribution in [3.05, 3.63) is 0 Å². The van der Waals surface area contributed by atoms with Crippen LogP contribution in [0.25, 0.3) is 0 Å². The fraction of sp³-hybridized carbons (Fsp3) is 1.00. The Hall–Kier alpha value is -0.200. The lowest BCUT2D eigenvalue weighted by molar-refractivity contribution is 0.0159. The van der Waals surface area contributed by atoms with Gasteiger partial charge in [-0.2, -0.15) is 0 Å². The zero-order valence-electron chi connectivity index (χ0n) is 10.7. The van der Waals surface area contributed by atoms with Gasteiger partial charge in [0.2, 0.25) is 0 Å². The Morgan fingerprint density at radius 1 is 0.750 bits per heavy atom. The van der Waals surface area contributed by atoms with E-state index in [9.17, 15) is 0 Å². The summed E-state index contributed by atoms with van der Waals surface area (Å²) >= 11 is 0. The summed E-state index contributed by atoms with van der Waals surface area (Å²) in [5.74, 6) is 0. The van der Waals surface area contributed by atoms with Crippen molar-refractivity contribution in [3.8, 4) is 0 Å². The van der Waals surface area contributed by atoms with E-state index in [1.54, 1.807) is 7.11 Å². The van der Waals surface area contributed by atoms with E-state index >= 15 is 0 Å². The zero-order chi connectivity index (χ0) is 12.5. The molecule has 0 amide bonds. The molecule has 0 unspecified atom stereocenters. The minimum atomic E-state index is 0.0675. The second kappa shape index (κ2) is 20.2. The van der Waals surface area contributed by atoms with Crippen LogP contribution >= 0.6 is 0 Å². The number of rotatable bonds is 10. The van der Waals surface area contributed by atoms with Crippen molar-refractivity contribution in [1.82, 2.24) is 0 Å². The molecule has 0 aromatic heterocycles. The Labute approximate surface area is 98.6 Å². The predicted molar refractivity (Wildman–Crippen MR) is 62.8 cm³/mol. The normalized spacial score (nSPS) is 9.75. The maximum Gasteiger partial charge on any atom is 0.0701 e. The molecule has 5 nitrogen and oxygen atoms in total. The van der Waals surface area contributed by atoms with Gasteiger partial charge < -0.3 is 24.1 Å². The number of aliphatic hydroxyl groups excluding tert-OH is 1. The summed E-state index contributed by atoms with van der Waals surface area (Å²) in [7, 11) is 1.63. The molecule has 0 aromatic carbocycles. The average Bonchev–Trinajstić information content (AvgIpc) is 2.30. The Kier molecular flexibility index (Phi) is 23.0. The van der Waals surface area contributed by atoms with Gasteiger partial charge in [0, 0.05) is 20.3 Å². The lowest BCUT2D eigenvalue weighted by Gasteiger charge is -2.03. The maximum atomic E-state index is 8.32. The van der Waals surface area contributed by atoms with Crippen LogP contribution in [0.5, 0.6) is 0 Å². The minimum Gasteiger partial charge on any atom is -0.394 e. The molecular weight excluding hydrogens is 212 g/mol. The van der Waals surface area contributed by atoms with Crippen molar-refractivity contribution < 1.29 is 24.1 Å². The van der Waals surface area contributed by atoms with Gasteiger partial charge in [0.25, 0.3) is 0 Å². The molecule has 1 N–H and O–H groups in total. The molecular formula is C11H26O5. The number of methoxy groups -OCH3 is 1. The molecule has 0 atom stereocenters. The first-order chi connectivity index (χ1) is 7.83. The summed E-state index contributed by atoms with van der Waals surface area (Å²) in [5.41, 5.74) is 0. The van der Waals surface area contributed by atoms with Crippen LogP contribution in [0.4, 0.5) is 0 Å². The lowest BCUT2D eigenvalue weighted by Crippen LogP contribution is -2.09. The highest BCUT2D eigenvalue weighted by atomic mass is 16.5. The predicted octanol–water partition coefficient (Wildman–Crippen LogP) is 0.701. The highest BCUT2D eigenvalue weighted by Crippen LogP contribution is 1.78. The van der Waals surface area contributed by atoms with E-state index in [0.717, 1.165) is 13.2 Å². The fourth-order valence-electron chi connectivity index (χ4n) is 0.733. The number of hydrogen-bond donors (Lipinski definition) is 1. The standard InChI is InChI=1S/C7H16O4.C4H10O/c1-9-4-5-11-7-6-10-3-2-8;1-3-5-4-2/h8H,2-7H2,1H3;3-4H2,1-2H3. The van der Waals surface area contributed by atoms with Gasteiger partial charge in [0.15, 0.2) is 0 Å². The van der Waals surface area contributed by atoms with E-state index in [4.69, 9.17) is 24.1 Å². The first-order valence-electron chi connectivity index (χ1n) is 5.66. The third kappa shape index (κ3) is 23.5. The van der Waals surface area contributed by atoms with Gasteiger partial charge in [0.1, 0.15) is 0 Å². The zero-order valence-corrected chi connectivity index (χ0v) is 10.7. The first kappa shape index (κ1) is 18.2. The third-order valence-corrected chi connectivity index (χ3v) is 1.45. The quantitative estimate of drug-likeness (QED) is 0.568. The Balaban J connectivity index is 0. The van der Waals surface area contributed by atoms with E-state index < -0.39 is 0 Å². The highest BCUT2D eigenvalue weighted by molar-refractivity contribution is 4.31. The van der Waals surface area contributed by atoms with E-state index in [1.807, 2.05) is 13.8 Å². The van der Waals surface area contributed by atoms with Gasteiger partial charge in [0.05, 0.1) is 39.6 Å². The monoisotopic (exact) mass is 238 g/mol. The summed E-state index contributed by atoms with van der Waals surface area (Å²) in [6.07, 6.45) is 0. The van der Waals surface area contributed by atoms with Gasteiger partial charge in [-0.3, -0.25) is 0 Å². The summed E-state index contributed by atoms with van der Waals surface area (Å²) in [6.45, 7) is 8.42. The molecule has 0 rings (SSSR count). The van der Waals surface area contributed by atoms with Crippen molar-refractivity contribution >= 4 is 0 Å². The van der Waals surface area contributed by atoms with Crippen molar-refractivity contribution in [2.45, 2.75) is 13.8 Å². The molecule has 0 aliphatic rings. The van der Waals surface area contributed by atoms with Crippen LogP contribution in [0.15, 0.2) is 0 Å². The molecule has 16 heavy (non-hydrogen) atoms. The number of ether oxygens (including phenoxy) is 4. The minimum absolute atomic E-state index is 0.0675. The lowest BCUT2D eigenvalue weighted by atomic mass is 10.7. The van der Waals surface area contributed by atoms with Crippen LogP contribution in [-0.2, 0) is 18.9 Å². The topological polar surface area (TPSA) is 57.2 Å². The second-order valence-corrected chi connectivity index (χ2v) is 2.72. The number of hydrogen-bond acceptors (Lipinski definition) is 5. The largest absolute Gasteiger partial charge is 0.394 e. The molecule has 0 aliphatic carbocycles. The van der Waals surface area contributed by atoms with Crippen LogP contribution < -0.4 is 0 Å². The van der Waals surface area contributed by atoms with Crippen molar-refractivity contribution in [2.75, 3.05) is 60.0 Å². The molecule has 0 saturated heterocycles. The molecule has 0 aromatic rings. The Morgan fingerprint density at radius 3 is 1.62 bits per heavy atom. The average molecular weight is 238 g/mol. The molecule has 0 heterocycles. The van der Waals surface area contributed by atoms with Crippen molar-refractivity contribution in [3.63, 3.8) is 0 Å². The summed E-state index contributed by atoms with van der Waals surface area (Å²) < 4.78 is 19.6. The van der Waals surface area contributed by atoms with E-state index in [-0.39, 0.29) is 6.61 Å². The van der Waals surface area contributed by atoms with Gasteiger partial charge in [-0.25, -0.2) is 0 Å². The smallest absolute Gasteiger partial charge is 0.0701 e. The summed E-state index contributed by atoms with van der Waals surface area (Å²) in [5, 5.41) is 8.32. The van der Waals surface area contributed by atoms with Crippen molar-refractivity contribution in [2.24, 2.45) is 0 Å². The molecule has 0 saturated carbocycles.